The van der Waals surface area contributed by atoms with Gasteiger partial charge in [0.05, 0.1) is 23.3 Å². The Morgan fingerprint density at radius 3 is 2.28 bits per heavy atom. The van der Waals surface area contributed by atoms with Crippen molar-refractivity contribution in [2.75, 3.05) is 29.8 Å². The minimum Gasteiger partial charge on any atom is -0.493 e. The maximum Gasteiger partial charge on any atom is 0.223 e. The molecule has 0 aliphatic heterocycles. The van der Waals surface area contributed by atoms with Crippen LogP contribution in [0.5, 0.6) is 5.75 Å². The highest BCUT2D eigenvalue weighted by atomic mass is 35.5. The molecule has 4 rings (SSSR count). The molecule has 0 unspecified atom stereocenters. The van der Waals surface area contributed by atoms with Crippen LogP contribution in [0.15, 0.2) is 66.7 Å². The van der Waals surface area contributed by atoms with E-state index < -0.39 is 0 Å². The van der Waals surface area contributed by atoms with E-state index in [-0.39, 0.29) is 5.91 Å². The maximum atomic E-state index is 12.0. The Morgan fingerprint density at radius 1 is 1.00 bits per heavy atom. The van der Waals surface area contributed by atoms with E-state index >= 15 is 0 Å². The van der Waals surface area contributed by atoms with Gasteiger partial charge in [-0.2, -0.15) is 0 Å². The average Bonchev–Trinajstić information content (AvgIpc) is 2.81. The summed E-state index contributed by atoms with van der Waals surface area (Å²) < 4.78 is 5.98. The number of halogens is 1. The topological polar surface area (TPSA) is 54.5 Å². The minimum atomic E-state index is -0.0462. The highest BCUT2D eigenvalue weighted by Gasteiger charge is 2.13. The van der Waals surface area contributed by atoms with E-state index in [4.69, 9.17) is 21.3 Å². The number of benzene rings is 3. The Hall–Kier alpha value is -3.31. The van der Waals surface area contributed by atoms with Crippen molar-refractivity contribution < 1.29 is 9.53 Å². The Kier molecular flexibility index (Phi) is 6.76. The Morgan fingerprint density at radius 2 is 1.66 bits per heavy atom. The molecule has 0 atom stereocenters. The number of rotatable bonds is 8. The van der Waals surface area contributed by atoms with E-state index in [2.05, 4.69) is 17.4 Å². The summed E-state index contributed by atoms with van der Waals surface area (Å²) in [6.45, 7) is 2.12. The first-order chi connectivity index (χ1) is 15.6. The van der Waals surface area contributed by atoms with Gasteiger partial charge >= 0.3 is 0 Å². The van der Waals surface area contributed by atoms with Crippen molar-refractivity contribution in [1.29, 1.82) is 0 Å². The molecule has 0 spiro atoms. The number of alkyl halides is 1. The summed E-state index contributed by atoms with van der Waals surface area (Å²) in [5.41, 5.74) is 4.41. The molecule has 1 heterocycles. The minimum absolute atomic E-state index is 0.0462. The molecule has 5 nitrogen and oxygen atoms in total. The highest BCUT2D eigenvalue weighted by molar-refractivity contribution is 6.17. The molecule has 1 N–H and O–H groups in total. The van der Waals surface area contributed by atoms with Crippen LogP contribution in [0.4, 0.5) is 17.1 Å². The van der Waals surface area contributed by atoms with Gasteiger partial charge in [-0.3, -0.25) is 4.79 Å². The monoisotopic (exact) mass is 447 g/mol. The van der Waals surface area contributed by atoms with Crippen molar-refractivity contribution in [3.63, 3.8) is 0 Å². The van der Waals surface area contributed by atoms with Crippen molar-refractivity contribution >= 4 is 56.4 Å². The molecule has 1 amide bonds. The Labute approximate surface area is 193 Å². The first kappa shape index (κ1) is 21.9. The molecule has 32 heavy (non-hydrogen) atoms. The van der Waals surface area contributed by atoms with Gasteiger partial charge in [-0.1, -0.05) is 36.4 Å². The lowest BCUT2D eigenvalue weighted by molar-refractivity contribution is -0.116. The standard InChI is InChI=1S/C26H26ClN3O2/c1-18(31)30(2)20-15-19(16-21(17-20)32-14-8-7-13-27)28-26-22-9-3-5-11-24(22)29-25-12-6-4-10-23(25)26/h3-6,9-12,15-17H,7-8,13-14H2,1-2H3,(H,28,29). The van der Waals surface area contributed by atoms with E-state index in [9.17, 15) is 4.79 Å². The number of hydrogen-bond acceptors (Lipinski definition) is 4. The van der Waals surface area contributed by atoms with Crippen LogP contribution in [0.25, 0.3) is 21.8 Å². The lowest BCUT2D eigenvalue weighted by Crippen LogP contribution is -2.22. The fourth-order valence-corrected chi connectivity index (χ4v) is 3.81. The number of carbonyl (C=O) groups excluding carboxylic acids is 1. The Bertz CT molecular complexity index is 1200. The van der Waals surface area contributed by atoms with Crippen LogP contribution in [0.1, 0.15) is 19.8 Å². The van der Waals surface area contributed by atoms with Crippen molar-refractivity contribution in [2.24, 2.45) is 0 Å². The maximum absolute atomic E-state index is 12.0. The quantitative estimate of drug-likeness (QED) is 0.190. The number of nitrogens with zero attached hydrogens (tertiary/aromatic N) is 2. The predicted octanol–water partition coefficient (Wildman–Crippen LogP) is 6.51. The number of unbranched alkanes of at least 4 members (excludes halogenated alkanes) is 1. The normalized spacial score (nSPS) is 11.0. The Balaban J connectivity index is 1.78. The second-order valence-electron chi connectivity index (χ2n) is 7.68. The van der Waals surface area contributed by atoms with Gasteiger partial charge in [-0.05, 0) is 31.0 Å². The number of anilines is 3. The van der Waals surface area contributed by atoms with E-state index in [0.717, 1.165) is 51.7 Å². The summed E-state index contributed by atoms with van der Waals surface area (Å²) in [6.07, 6.45) is 1.77. The van der Waals surface area contributed by atoms with Crippen molar-refractivity contribution in [1.82, 2.24) is 4.98 Å². The molecule has 0 aliphatic rings. The second-order valence-corrected chi connectivity index (χ2v) is 8.06. The van der Waals surface area contributed by atoms with E-state index in [1.165, 1.54) is 0 Å². The zero-order valence-electron chi connectivity index (χ0n) is 18.3. The third kappa shape index (κ3) is 4.78. The lowest BCUT2D eigenvalue weighted by Gasteiger charge is -2.20. The molecule has 3 aromatic carbocycles. The summed E-state index contributed by atoms with van der Waals surface area (Å²) in [5, 5.41) is 5.64. The highest BCUT2D eigenvalue weighted by Crippen LogP contribution is 2.35. The molecular weight excluding hydrogens is 422 g/mol. The fourth-order valence-electron chi connectivity index (χ4n) is 3.62. The summed E-state index contributed by atoms with van der Waals surface area (Å²) in [7, 11) is 1.76. The van der Waals surface area contributed by atoms with Crippen molar-refractivity contribution in [3.05, 3.63) is 66.7 Å². The summed E-state index contributed by atoms with van der Waals surface area (Å²) in [4.78, 5) is 18.4. The first-order valence-corrected chi connectivity index (χ1v) is 11.2. The van der Waals surface area contributed by atoms with Gasteiger partial charge in [-0.25, -0.2) is 4.98 Å². The largest absolute Gasteiger partial charge is 0.493 e. The average molecular weight is 448 g/mol. The molecule has 0 aliphatic carbocycles. The van der Waals surface area contributed by atoms with Crippen LogP contribution in [-0.4, -0.2) is 30.4 Å². The number of pyridine rings is 1. The van der Waals surface area contributed by atoms with Gasteiger partial charge in [0.1, 0.15) is 5.75 Å². The number of amides is 1. The summed E-state index contributed by atoms with van der Waals surface area (Å²) >= 11 is 5.78. The molecule has 4 aromatic rings. The fraction of sp³-hybridized carbons (Fsp3) is 0.231. The van der Waals surface area contributed by atoms with Crippen LogP contribution in [0.3, 0.4) is 0 Å². The third-order valence-corrected chi connectivity index (χ3v) is 5.67. The molecule has 0 saturated carbocycles. The number of nitrogens with one attached hydrogen (secondary N) is 1. The number of fused-ring (bicyclic) bond motifs is 2. The number of aromatic nitrogens is 1. The summed E-state index contributed by atoms with van der Waals surface area (Å²) in [6, 6.07) is 21.9. The van der Waals surface area contributed by atoms with Crippen LogP contribution in [0, 0.1) is 0 Å². The van der Waals surface area contributed by atoms with Gasteiger partial charge in [0, 0.05) is 54.1 Å². The van der Waals surface area contributed by atoms with Gasteiger partial charge in [0.15, 0.2) is 0 Å². The van der Waals surface area contributed by atoms with Crippen LogP contribution in [-0.2, 0) is 4.79 Å². The second kappa shape index (κ2) is 9.88. The molecule has 0 bridgehead atoms. The third-order valence-electron chi connectivity index (χ3n) is 5.40. The van der Waals surface area contributed by atoms with Gasteiger partial charge in [0.2, 0.25) is 5.91 Å². The number of carbonyl (C=O) groups is 1. The molecule has 164 valence electrons. The molecule has 0 saturated heterocycles. The summed E-state index contributed by atoms with van der Waals surface area (Å²) in [5.74, 6) is 1.27. The SMILES string of the molecule is CC(=O)N(C)c1cc(Nc2c3ccccc3nc3ccccc23)cc(OCCCCCl)c1. The lowest BCUT2D eigenvalue weighted by atomic mass is 10.1. The van der Waals surface area contributed by atoms with Crippen molar-refractivity contribution in [2.45, 2.75) is 19.8 Å². The van der Waals surface area contributed by atoms with Crippen molar-refractivity contribution in [3.8, 4) is 5.75 Å². The number of ether oxygens (including phenoxy) is 1. The van der Waals surface area contributed by atoms with Gasteiger partial charge in [-0.15, -0.1) is 11.6 Å². The van der Waals surface area contributed by atoms with E-state index in [1.807, 2.05) is 54.6 Å². The molecule has 1 aromatic heterocycles. The van der Waals surface area contributed by atoms with E-state index in [1.54, 1.807) is 18.9 Å². The molecule has 6 heteroatoms. The van der Waals surface area contributed by atoms with Gasteiger partial charge in [0.25, 0.3) is 0 Å². The van der Waals surface area contributed by atoms with Gasteiger partial charge < -0.3 is 15.0 Å². The zero-order chi connectivity index (χ0) is 22.5. The van der Waals surface area contributed by atoms with E-state index in [0.29, 0.717) is 18.2 Å². The number of hydrogen-bond donors (Lipinski definition) is 1. The van der Waals surface area contributed by atoms with Crippen LogP contribution < -0.4 is 15.0 Å². The van der Waals surface area contributed by atoms with Crippen LogP contribution in [0.2, 0.25) is 0 Å². The van der Waals surface area contributed by atoms with Crippen LogP contribution >= 0.6 is 11.6 Å². The smallest absolute Gasteiger partial charge is 0.223 e. The molecular formula is C26H26ClN3O2. The number of para-hydroxylation sites is 2. The molecule has 0 fully saturated rings. The molecule has 0 radical (unpaired) electrons. The first-order valence-electron chi connectivity index (χ1n) is 10.7. The predicted molar refractivity (Wildman–Crippen MR) is 134 cm³/mol. The zero-order valence-corrected chi connectivity index (χ0v) is 19.0.